The number of allylic oxidation sites excluding steroid dienone is 4. The zero-order chi connectivity index (χ0) is 11.6. The molecule has 1 nitrogen and oxygen atoms in total. The van der Waals surface area contributed by atoms with Crippen LogP contribution in [0.15, 0.2) is 61.3 Å². The molecule has 0 spiro atoms. The second kappa shape index (κ2) is 9.75. The maximum Gasteiger partial charge on any atom is 0.0175 e. The minimum Gasteiger partial charge on any atom is -0.327 e. The molecule has 0 aromatic rings. The first-order valence-electron chi connectivity index (χ1n) is 4.51. The quantitative estimate of drug-likeness (QED) is 0.535. The molecule has 0 fully saturated rings. The smallest absolute Gasteiger partial charge is 0.0175 e. The molecule has 0 radical (unpaired) electrons. The third kappa shape index (κ3) is 6.21. The van der Waals surface area contributed by atoms with Gasteiger partial charge < -0.3 is 5.73 Å². The summed E-state index contributed by atoms with van der Waals surface area (Å²) in [4.78, 5) is 0. The number of hydrogen-bond acceptors (Lipinski definition) is 1. The lowest BCUT2D eigenvalue weighted by Crippen LogP contribution is -2.01. The van der Waals surface area contributed by atoms with Crippen molar-refractivity contribution in [2.24, 2.45) is 5.73 Å². The molecule has 0 heterocycles. The molecule has 0 aromatic heterocycles. The molecule has 0 bridgehead atoms. The Bertz CT molecular complexity index is 244. The van der Waals surface area contributed by atoms with Crippen molar-refractivity contribution in [1.82, 2.24) is 0 Å². The number of rotatable bonds is 4. The Hall–Kier alpha value is -1.34. The first-order valence-corrected chi connectivity index (χ1v) is 4.51. The van der Waals surface area contributed by atoms with E-state index in [1.807, 2.05) is 26.0 Å². The van der Waals surface area contributed by atoms with Crippen LogP contribution in [0.5, 0.6) is 0 Å². The molecule has 0 rings (SSSR count). The van der Waals surface area contributed by atoms with E-state index in [-0.39, 0.29) is 0 Å². The van der Waals surface area contributed by atoms with E-state index in [0.717, 1.165) is 16.7 Å². The van der Waals surface area contributed by atoms with Gasteiger partial charge in [-0.2, -0.15) is 0 Å². The third-order valence-electron chi connectivity index (χ3n) is 1.66. The average Bonchev–Trinajstić information content (AvgIpc) is 2.22. The van der Waals surface area contributed by atoms with Crippen LogP contribution in [0, 0.1) is 0 Å². The minimum absolute atomic E-state index is 0.557. The maximum atomic E-state index is 5.51. The standard InChI is InChI=1S/C11H17N.C2H4/c1-5-10(8-12)7-11(6-2)9(3)4;1-2/h5-7H,2-3,8,12H2,1,4H3;1-2H2/b10-5+,11-7-;. The van der Waals surface area contributed by atoms with Crippen molar-refractivity contribution in [2.45, 2.75) is 13.8 Å². The predicted molar refractivity (Wildman–Crippen MR) is 67.2 cm³/mol. The molecule has 0 saturated carbocycles. The first kappa shape index (κ1) is 15.1. The fraction of sp³-hybridized carbons (Fsp3) is 0.231. The van der Waals surface area contributed by atoms with Crippen LogP contribution < -0.4 is 5.73 Å². The molecule has 0 aromatic carbocycles. The largest absolute Gasteiger partial charge is 0.327 e. The van der Waals surface area contributed by atoms with Crippen molar-refractivity contribution >= 4 is 0 Å². The second-order valence-electron chi connectivity index (χ2n) is 2.65. The molecular formula is C13H21N. The third-order valence-corrected chi connectivity index (χ3v) is 1.66. The van der Waals surface area contributed by atoms with Crippen LogP contribution in [0.1, 0.15) is 13.8 Å². The highest BCUT2D eigenvalue weighted by atomic mass is 14.5. The molecule has 1 heteroatoms. The summed E-state index contributed by atoms with van der Waals surface area (Å²) >= 11 is 0. The summed E-state index contributed by atoms with van der Waals surface area (Å²) < 4.78 is 0. The number of hydrogen-bond donors (Lipinski definition) is 1. The molecule has 0 aliphatic carbocycles. The van der Waals surface area contributed by atoms with E-state index in [2.05, 4.69) is 26.3 Å². The minimum atomic E-state index is 0.557. The van der Waals surface area contributed by atoms with Crippen molar-refractivity contribution in [2.75, 3.05) is 6.54 Å². The SMILES string of the molecule is C=C.C=C/C(=C/C(=C\C)CN)C(=C)C. The van der Waals surface area contributed by atoms with Crippen molar-refractivity contribution in [3.8, 4) is 0 Å². The van der Waals surface area contributed by atoms with Crippen LogP contribution in [0.2, 0.25) is 0 Å². The highest BCUT2D eigenvalue weighted by molar-refractivity contribution is 5.41. The highest BCUT2D eigenvalue weighted by Crippen LogP contribution is 2.10. The van der Waals surface area contributed by atoms with Crippen LogP contribution in [-0.2, 0) is 0 Å². The van der Waals surface area contributed by atoms with Gasteiger partial charge in [0.2, 0.25) is 0 Å². The summed E-state index contributed by atoms with van der Waals surface area (Å²) in [6.07, 6.45) is 5.79. The molecule has 0 saturated heterocycles. The van der Waals surface area contributed by atoms with Crippen LogP contribution >= 0.6 is 0 Å². The van der Waals surface area contributed by atoms with Gasteiger partial charge >= 0.3 is 0 Å². The predicted octanol–water partition coefficient (Wildman–Crippen LogP) is 3.38. The van der Waals surface area contributed by atoms with Crippen LogP contribution in [-0.4, -0.2) is 6.54 Å². The Morgan fingerprint density at radius 1 is 1.36 bits per heavy atom. The summed E-state index contributed by atoms with van der Waals surface area (Å²) in [6, 6.07) is 0. The molecule has 0 unspecified atom stereocenters. The van der Waals surface area contributed by atoms with Gasteiger partial charge in [-0.3, -0.25) is 0 Å². The van der Waals surface area contributed by atoms with E-state index in [9.17, 15) is 0 Å². The lowest BCUT2D eigenvalue weighted by atomic mass is 10.1. The molecule has 14 heavy (non-hydrogen) atoms. The summed E-state index contributed by atoms with van der Waals surface area (Å²) in [5, 5.41) is 0. The van der Waals surface area contributed by atoms with Gasteiger partial charge in [-0.15, -0.1) is 13.2 Å². The van der Waals surface area contributed by atoms with E-state index in [1.165, 1.54) is 0 Å². The fourth-order valence-electron chi connectivity index (χ4n) is 0.816. The van der Waals surface area contributed by atoms with E-state index in [4.69, 9.17) is 5.73 Å². The Balaban J connectivity index is 0. The van der Waals surface area contributed by atoms with E-state index < -0.39 is 0 Å². The summed E-state index contributed by atoms with van der Waals surface area (Å²) in [5.41, 5.74) is 8.68. The Morgan fingerprint density at radius 2 is 1.86 bits per heavy atom. The molecule has 78 valence electrons. The Labute approximate surface area is 88.0 Å². The van der Waals surface area contributed by atoms with Gasteiger partial charge in [-0.25, -0.2) is 0 Å². The summed E-state index contributed by atoms with van der Waals surface area (Å²) in [7, 11) is 0. The molecule has 0 aliphatic rings. The zero-order valence-corrected chi connectivity index (χ0v) is 9.34. The van der Waals surface area contributed by atoms with E-state index in [1.54, 1.807) is 6.08 Å². The maximum absolute atomic E-state index is 5.51. The van der Waals surface area contributed by atoms with Crippen molar-refractivity contribution in [3.05, 3.63) is 61.3 Å². The van der Waals surface area contributed by atoms with E-state index in [0.29, 0.717) is 6.54 Å². The summed E-state index contributed by atoms with van der Waals surface area (Å²) in [6.45, 7) is 18.0. The van der Waals surface area contributed by atoms with E-state index >= 15 is 0 Å². The van der Waals surface area contributed by atoms with Gasteiger partial charge in [-0.1, -0.05) is 37.0 Å². The molecule has 2 N–H and O–H groups in total. The monoisotopic (exact) mass is 191 g/mol. The lowest BCUT2D eigenvalue weighted by molar-refractivity contribution is 1.17. The lowest BCUT2D eigenvalue weighted by Gasteiger charge is -2.01. The number of nitrogens with two attached hydrogens (primary N) is 1. The Morgan fingerprint density at radius 3 is 2.07 bits per heavy atom. The molecule has 0 amide bonds. The van der Waals surface area contributed by atoms with Gasteiger partial charge in [0.25, 0.3) is 0 Å². The van der Waals surface area contributed by atoms with Crippen LogP contribution in [0.3, 0.4) is 0 Å². The normalized spacial score (nSPS) is 11.4. The van der Waals surface area contributed by atoms with Gasteiger partial charge in [0.05, 0.1) is 0 Å². The van der Waals surface area contributed by atoms with Gasteiger partial charge in [0.15, 0.2) is 0 Å². The molecular weight excluding hydrogens is 170 g/mol. The van der Waals surface area contributed by atoms with Gasteiger partial charge in [-0.05, 0) is 25.0 Å². The summed E-state index contributed by atoms with van der Waals surface area (Å²) in [5.74, 6) is 0. The van der Waals surface area contributed by atoms with Crippen LogP contribution in [0.25, 0.3) is 0 Å². The van der Waals surface area contributed by atoms with Crippen LogP contribution in [0.4, 0.5) is 0 Å². The van der Waals surface area contributed by atoms with Crippen molar-refractivity contribution < 1.29 is 0 Å². The van der Waals surface area contributed by atoms with Gasteiger partial charge in [0, 0.05) is 6.54 Å². The molecule has 0 atom stereocenters. The zero-order valence-electron chi connectivity index (χ0n) is 9.34. The fourth-order valence-corrected chi connectivity index (χ4v) is 0.816. The Kier molecular flexibility index (Phi) is 10.5. The first-order chi connectivity index (χ1) is 6.65. The van der Waals surface area contributed by atoms with Gasteiger partial charge in [0.1, 0.15) is 0 Å². The second-order valence-corrected chi connectivity index (χ2v) is 2.65. The topological polar surface area (TPSA) is 26.0 Å². The average molecular weight is 191 g/mol. The van der Waals surface area contributed by atoms with Crippen molar-refractivity contribution in [3.63, 3.8) is 0 Å². The highest BCUT2D eigenvalue weighted by Gasteiger charge is 1.93. The van der Waals surface area contributed by atoms with Crippen molar-refractivity contribution in [1.29, 1.82) is 0 Å². The molecule has 0 aliphatic heterocycles.